The third-order valence-electron chi connectivity index (χ3n) is 3.88. The molecule has 0 saturated heterocycles. The second-order valence-corrected chi connectivity index (χ2v) is 6.95. The van der Waals surface area contributed by atoms with Crippen molar-refractivity contribution in [2.24, 2.45) is 0 Å². The molecule has 7 heteroatoms. The molecule has 3 aromatic rings. The first-order valence-electron chi connectivity index (χ1n) is 8.24. The van der Waals surface area contributed by atoms with Crippen LogP contribution in [-0.4, -0.2) is 16.7 Å². The Labute approximate surface area is 158 Å². The van der Waals surface area contributed by atoms with Gasteiger partial charge in [-0.25, -0.2) is 13.8 Å². The average molecular weight is 386 g/mol. The molecule has 138 valence electrons. The Morgan fingerprint density at radius 1 is 1.07 bits per heavy atom. The number of nitrogens with one attached hydrogen (secondary N) is 1. The summed E-state index contributed by atoms with van der Waals surface area (Å²) in [7, 11) is 0. The number of halogens is 2. The first-order chi connectivity index (χ1) is 12.9. The molecule has 4 nitrogen and oxygen atoms in total. The highest BCUT2D eigenvalue weighted by molar-refractivity contribution is 7.17. The van der Waals surface area contributed by atoms with Crippen molar-refractivity contribution in [1.29, 1.82) is 0 Å². The molecule has 0 radical (unpaired) electrons. The Kier molecular flexibility index (Phi) is 5.71. The molecule has 0 fully saturated rings. The summed E-state index contributed by atoms with van der Waals surface area (Å²) in [5.41, 5.74) is 1.42. The number of hydrogen-bond donors (Lipinski definition) is 1. The number of aryl methyl sites for hydroxylation is 2. The van der Waals surface area contributed by atoms with Crippen LogP contribution in [0.4, 0.5) is 13.9 Å². The smallest absolute Gasteiger partial charge is 0.257 e. The number of hydrogen-bond acceptors (Lipinski definition) is 4. The summed E-state index contributed by atoms with van der Waals surface area (Å²) < 4.78 is 26.5. The Balaban J connectivity index is 1.68. The highest BCUT2D eigenvalue weighted by atomic mass is 32.1. The van der Waals surface area contributed by atoms with Gasteiger partial charge >= 0.3 is 0 Å². The van der Waals surface area contributed by atoms with Crippen molar-refractivity contribution in [2.75, 3.05) is 5.32 Å². The number of nitrogens with zero attached hydrogens (tertiary/aromatic N) is 1. The minimum absolute atomic E-state index is 0.0637. The number of carbonyl (C=O) groups is 2. The van der Waals surface area contributed by atoms with Crippen LogP contribution in [0.3, 0.4) is 0 Å². The predicted molar refractivity (Wildman–Crippen MR) is 100 cm³/mol. The molecular weight excluding hydrogens is 370 g/mol. The van der Waals surface area contributed by atoms with Gasteiger partial charge in [0, 0.05) is 18.1 Å². The molecule has 0 aliphatic heterocycles. The highest BCUT2D eigenvalue weighted by Gasteiger charge is 2.17. The van der Waals surface area contributed by atoms with Crippen molar-refractivity contribution >= 4 is 28.2 Å². The van der Waals surface area contributed by atoms with Crippen LogP contribution >= 0.6 is 11.3 Å². The van der Waals surface area contributed by atoms with Gasteiger partial charge in [0.15, 0.2) is 10.9 Å². The molecule has 0 atom stereocenters. The first-order valence-corrected chi connectivity index (χ1v) is 9.06. The maximum absolute atomic E-state index is 13.2. The Morgan fingerprint density at radius 2 is 1.74 bits per heavy atom. The van der Waals surface area contributed by atoms with E-state index < -0.39 is 17.5 Å². The molecule has 0 spiro atoms. The van der Waals surface area contributed by atoms with E-state index in [4.69, 9.17) is 0 Å². The van der Waals surface area contributed by atoms with E-state index in [2.05, 4.69) is 10.3 Å². The molecule has 1 amide bonds. The van der Waals surface area contributed by atoms with E-state index in [1.54, 1.807) is 6.92 Å². The lowest BCUT2D eigenvalue weighted by Gasteiger charge is -2.02. The molecule has 0 unspecified atom stereocenters. The van der Waals surface area contributed by atoms with Gasteiger partial charge in [-0.05, 0) is 31.0 Å². The molecule has 0 aliphatic rings. The van der Waals surface area contributed by atoms with E-state index in [9.17, 15) is 18.4 Å². The van der Waals surface area contributed by atoms with Crippen molar-refractivity contribution in [1.82, 2.24) is 4.98 Å². The van der Waals surface area contributed by atoms with Crippen LogP contribution < -0.4 is 5.32 Å². The van der Waals surface area contributed by atoms with Crippen molar-refractivity contribution < 1.29 is 18.4 Å². The fourth-order valence-corrected chi connectivity index (χ4v) is 3.51. The summed E-state index contributed by atoms with van der Waals surface area (Å²) in [5.74, 6) is -2.43. The number of carbonyl (C=O) groups excluding carboxylic acids is 2. The topological polar surface area (TPSA) is 59.1 Å². The van der Waals surface area contributed by atoms with E-state index in [1.165, 1.54) is 0 Å². The molecule has 2 aromatic carbocycles. The van der Waals surface area contributed by atoms with Gasteiger partial charge in [0.05, 0.1) is 10.6 Å². The Morgan fingerprint density at radius 3 is 2.41 bits per heavy atom. The fourth-order valence-electron chi connectivity index (χ4n) is 2.58. The zero-order chi connectivity index (χ0) is 19.4. The molecule has 0 saturated carbocycles. The number of anilines is 1. The van der Waals surface area contributed by atoms with Crippen LogP contribution in [0, 0.1) is 18.6 Å². The number of amides is 1. The normalized spacial score (nSPS) is 10.6. The van der Waals surface area contributed by atoms with Crippen LogP contribution in [0.5, 0.6) is 0 Å². The summed E-state index contributed by atoms with van der Waals surface area (Å²) in [6, 6.07) is 12.2. The van der Waals surface area contributed by atoms with Crippen molar-refractivity contribution in [3.8, 4) is 0 Å². The maximum atomic E-state index is 13.2. The van der Waals surface area contributed by atoms with Gasteiger partial charge in [0.2, 0.25) is 0 Å². The largest absolute Gasteiger partial charge is 0.298 e. The van der Waals surface area contributed by atoms with Gasteiger partial charge in [0.1, 0.15) is 11.6 Å². The van der Waals surface area contributed by atoms with E-state index in [1.807, 2.05) is 30.3 Å². The number of ketones is 1. The second kappa shape index (κ2) is 8.18. The third kappa shape index (κ3) is 4.83. The Hall–Kier alpha value is -2.93. The number of aromatic nitrogens is 1. The maximum Gasteiger partial charge on any atom is 0.257 e. The van der Waals surface area contributed by atoms with Gasteiger partial charge in [-0.15, -0.1) is 0 Å². The van der Waals surface area contributed by atoms with E-state index in [-0.39, 0.29) is 16.5 Å². The summed E-state index contributed by atoms with van der Waals surface area (Å²) in [4.78, 5) is 29.3. The van der Waals surface area contributed by atoms with Gasteiger partial charge in [0.25, 0.3) is 5.91 Å². The lowest BCUT2D eigenvalue weighted by Crippen LogP contribution is -2.12. The average Bonchev–Trinajstić information content (AvgIpc) is 3.00. The lowest BCUT2D eigenvalue weighted by atomic mass is 10.1. The fraction of sp³-hybridized carbons (Fsp3) is 0.150. The van der Waals surface area contributed by atoms with Crippen molar-refractivity contribution in [3.63, 3.8) is 0 Å². The van der Waals surface area contributed by atoms with E-state index in [0.29, 0.717) is 29.5 Å². The second-order valence-electron chi connectivity index (χ2n) is 5.95. The number of Topliss-reactive ketones (excluding diaryl/α,β-unsaturated/α-hetero) is 1. The van der Waals surface area contributed by atoms with Crippen LogP contribution in [0.25, 0.3) is 0 Å². The molecule has 3 rings (SSSR count). The van der Waals surface area contributed by atoms with Crippen LogP contribution in [0.2, 0.25) is 0 Å². The van der Waals surface area contributed by atoms with Crippen LogP contribution in [0.1, 0.15) is 37.7 Å². The third-order valence-corrected chi connectivity index (χ3v) is 4.99. The summed E-state index contributed by atoms with van der Waals surface area (Å²) in [6.07, 6.45) is 0.941. The van der Waals surface area contributed by atoms with Crippen molar-refractivity contribution in [2.45, 2.75) is 19.8 Å². The zero-order valence-corrected chi connectivity index (χ0v) is 15.3. The number of benzene rings is 2. The van der Waals surface area contributed by atoms with E-state index >= 15 is 0 Å². The SMILES string of the molecule is Cc1nc(NC(=O)c2cc(F)cc(F)c2)sc1C(=O)CCc1ccccc1. The first kappa shape index (κ1) is 18.8. The van der Waals surface area contributed by atoms with Gasteiger partial charge in [-0.3, -0.25) is 14.9 Å². The van der Waals surface area contributed by atoms with Crippen LogP contribution in [-0.2, 0) is 6.42 Å². The van der Waals surface area contributed by atoms with Crippen molar-refractivity contribution in [3.05, 3.63) is 81.9 Å². The molecule has 0 bridgehead atoms. The number of rotatable bonds is 6. The standard InChI is InChI=1S/C20H16F2N2O2S/c1-12-18(17(25)8-7-13-5-3-2-4-6-13)27-20(23-12)24-19(26)14-9-15(21)11-16(22)10-14/h2-6,9-11H,7-8H2,1H3,(H,23,24,26). The highest BCUT2D eigenvalue weighted by Crippen LogP contribution is 2.25. The summed E-state index contributed by atoms with van der Waals surface area (Å²) >= 11 is 1.05. The number of thiazole rings is 1. The van der Waals surface area contributed by atoms with Crippen LogP contribution in [0.15, 0.2) is 48.5 Å². The molecule has 0 aliphatic carbocycles. The van der Waals surface area contributed by atoms with Gasteiger partial charge < -0.3 is 0 Å². The predicted octanol–water partition coefficient (Wildman–Crippen LogP) is 4.80. The summed E-state index contributed by atoms with van der Waals surface area (Å²) in [6.45, 7) is 1.68. The lowest BCUT2D eigenvalue weighted by molar-refractivity contribution is 0.0984. The van der Waals surface area contributed by atoms with Gasteiger partial charge in [-0.2, -0.15) is 0 Å². The minimum atomic E-state index is -0.841. The molecule has 1 heterocycles. The minimum Gasteiger partial charge on any atom is -0.298 e. The zero-order valence-electron chi connectivity index (χ0n) is 14.5. The van der Waals surface area contributed by atoms with E-state index in [0.717, 1.165) is 29.0 Å². The molecular formula is C20H16F2N2O2S. The monoisotopic (exact) mass is 386 g/mol. The van der Waals surface area contributed by atoms with Gasteiger partial charge in [-0.1, -0.05) is 41.7 Å². The molecule has 27 heavy (non-hydrogen) atoms. The Bertz CT molecular complexity index is 967. The summed E-state index contributed by atoms with van der Waals surface area (Å²) in [5, 5.41) is 2.70. The molecule has 1 aromatic heterocycles. The molecule has 1 N–H and O–H groups in total. The quantitative estimate of drug-likeness (QED) is 0.619.